The van der Waals surface area contributed by atoms with Crippen LogP contribution in [0.1, 0.15) is 29.3 Å². The van der Waals surface area contributed by atoms with E-state index in [9.17, 15) is 24.6 Å². The molecule has 128 valence electrons. The van der Waals surface area contributed by atoms with Crippen LogP contribution in [0.2, 0.25) is 0 Å². The Balaban J connectivity index is 0.00000225. The number of aliphatic hydroxyl groups excluding tert-OH is 1. The van der Waals surface area contributed by atoms with Crippen LogP contribution in [-0.2, 0) is 9.59 Å². The van der Waals surface area contributed by atoms with Crippen LogP contribution >= 0.6 is 0 Å². The quantitative estimate of drug-likeness (QED) is 0.513. The van der Waals surface area contributed by atoms with Gasteiger partial charge in [0.05, 0.1) is 18.1 Å². The van der Waals surface area contributed by atoms with Gasteiger partial charge in [-0.25, -0.2) is 4.79 Å². The summed E-state index contributed by atoms with van der Waals surface area (Å²) in [6.45, 7) is 1.54. The number of carboxylic acid groups (broad SMARTS) is 1. The first-order valence-electron chi connectivity index (χ1n) is 7.67. The molecule has 1 saturated heterocycles. The zero-order valence-electron chi connectivity index (χ0n) is 13.3. The Morgan fingerprint density at radius 2 is 1.88 bits per heavy atom. The SMILES string of the molecule is CNC(=O)c1ccc(C2=C(C(=O)O)N3C(=O)[C@H]([C@@H](C)O)[C@H]3C2)cc1.[NaH]. The molecule has 1 aromatic rings. The molecule has 3 atom stereocenters. The van der Waals surface area contributed by atoms with E-state index in [2.05, 4.69) is 5.32 Å². The van der Waals surface area contributed by atoms with Crippen molar-refractivity contribution in [2.24, 2.45) is 5.92 Å². The summed E-state index contributed by atoms with van der Waals surface area (Å²) in [6, 6.07) is 6.26. The number of hydrogen-bond donors (Lipinski definition) is 3. The predicted molar refractivity (Wildman–Crippen MR) is 92.0 cm³/mol. The minimum absolute atomic E-state index is 0. The van der Waals surface area contributed by atoms with Gasteiger partial charge in [0.25, 0.3) is 5.91 Å². The summed E-state index contributed by atoms with van der Waals surface area (Å²) in [5, 5.41) is 21.8. The van der Waals surface area contributed by atoms with Crippen LogP contribution in [0.15, 0.2) is 30.0 Å². The van der Waals surface area contributed by atoms with Gasteiger partial charge in [-0.3, -0.25) is 9.59 Å². The van der Waals surface area contributed by atoms with Crippen molar-refractivity contribution in [3.63, 3.8) is 0 Å². The summed E-state index contributed by atoms with van der Waals surface area (Å²) in [7, 11) is 1.53. The molecule has 0 aromatic heterocycles. The number of carbonyl (C=O) groups excluding carboxylic acids is 2. The maximum atomic E-state index is 12.2. The normalized spacial score (nSPS) is 22.7. The maximum absolute atomic E-state index is 12.2. The third-order valence-electron chi connectivity index (χ3n) is 4.65. The molecule has 0 unspecified atom stereocenters. The Bertz CT molecular complexity index is 757. The second kappa shape index (κ2) is 7.29. The number of carboxylic acids is 1. The molecule has 2 amide bonds. The van der Waals surface area contributed by atoms with Gasteiger partial charge in [0.1, 0.15) is 5.70 Å². The van der Waals surface area contributed by atoms with Gasteiger partial charge in [0.15, 0.2) is 0 Å². The molecule has 0 saturated carbocycles. The first kappa shape index (κ1) is 19.7. The fourth-order valence-electron chi connectivity index (χ4n) is 3.49. The van der Waals surface area contributed by atoms with E-state index in [1.807, 2.05) is 0 Å². The molecule has 3 rings (SSSR count). The second-order valence-corrected chi connectivity index (χ2v) is 6.03. The standard InChI is InChI=1S/C17H18N2O5.Na.H/c1-8(20)13-12-7-11(14(17(23)24)19(12)16(13)22)9-3-5-10(6-4-9)15(21)18-2;;/h3-6,8,12-13,20H,7H2,1-2H3,(H,18,21)(H,23,24);;/t8-,12-,13-;;/m1../s1. The molecule has 3 N–H and O–H groups in total. The topological polar surface area (TPSA) is 107 Å². The summed E-state index contributed by atoms with van der Waals surface area (Å²) in [4.78, 5) is 36.7. The molecule has 8 heteroatoms. The summed E-state index contributed by atoms with van der Waals surface area (Å²) < 4.78 is 0. The van der Waals surface area contributed by atoms with E-state index >= 15 is 0 Å². The molecule has 7 nitrogen and oxygen atoms in total. The summed E-state index contributed by atoms with van der Waals surface area (Å²) in [5.41, 5.74) is 1.64. The molecular formula is C17H19N2NaO5. The van der Waals surface area contributed by atoms with Gasteiger partial charge >= 0.3 is 35.5 Å². The van der Waals surface area contributed by atoms with Gasteiger partial charge in [0.2, 0.25) is 5.91 Å². The van der Waals surface area contributed by atoms with E-state index in [0.29, 0.717) is 23.1 Å². The third kappa shape index (κ3) is 3.13. The molecule has 1 aromatic carbocycles. The number of amides is 2. The van der Waals surface area contributed by atoms with Gasteiger partial charge in [-0.15, -0.1) is 0 Å². The molecule has 25 heavy (non-hydrogen) atoms. The average molecular weight is 354 g/mol. The van der Waals surface area contributed by atoms with Crippen molar-refractivity contribution >= 4 is 52.9 Å². The predicted octanol–water partition coefficient (Wildman–Crippen LogP) is -0.195. The Hall–Kier alpha value is -1.67. The number of benzene rings is 1. The number of aliphatic hydroxyl groups is 1. The van der Waals surface area contributed by atoms with Crippen LogP contribution in [-0.4, -0.2) is 81.6 Å². The Labute approximate surface area is 167 Å². The van der Waals surface area contributed by atoms with E-state index in [0.717, 1.165) is 0 Å². The third-order valence-corrected chi connectivity index (χ3v) is 4.65. The Kier molecular flexibility index (Phi) is 5.73. The number of fused-ring (bicyclic) bond motifs is 1. The van der Waals surface area contributed by atoms with Crippen molar-refractivity contribution in [2.45, 2.75) is 25.5 Å². The van der Waals surface area contributed by atoms with Gasteiger partial charge in [-0.05, 0) is 36.6 Å². The molecule has 1 fully saturated rings. The fourth-order valence-corrected chi connectivity index (χ4v) is 3.49. The number of nitrogens with one attached hydrogen (secondary N) is 1. The Morgan fingerprint density at radius 1 is 1.28 bits per heavy atom. The number of aliphatic carboxylic acids is 1. The average Bonchev–Trinajstić information content (AvgIpc) is 2.89. The van der Waals surface area contributed by atoms with Crippen molar-refractivity contribution in [1.29, 1.82) is 0 Å². The number of hydrogen-bond acceptors (Lipinski definition) is 4. The number of carbonyl (C=O) groups is 3. The van der Waals surface area contributed by atoms with E-state index in [-0.39, 0.29) is 53.1 Å². The van der Waals surface area contributed by atoms with E-state index in [1.54, 1.807) is 24.3 Å². The summed E-state index contributed by atoms with van der Waals surface area (Å²) in [5.74, 6) is -2.32. The van der Waals surface area contributed by atoms with Crippen molar-refractivity contribution in [1.82, 2.24) is 10.2 Å². The molecule has 2 heterocycles. The van der Waals surface area contributed by atoms with Crippen LogP contribution in [0.5, 0.6) is 0 Å². The van der Waals surface area contributed by atoms with Crippen molar-refractivity contribution in [3.05, 3.63) is 41.1 Å². The second-order valence-electron chi connectivity index (χ2n) is 6.03. The molecule has 0 spiro atoms. The minimum atomic E-state index is -1.17. The van der Waals surface area contributed by atoms with E-state index in [1.165, 1.54) is 18.9 Å². The van der Waals surface area contributed by atoms with Gasteiger partial charge in [-0.1, -0.05) is 12.1 Å². The summed E-state index contributed by atoms with van der Waals surface area (Å²) >= 11 is 0. The van der Waals surface area contributed by atoms with Crippen LogP contribution in [0.3, 0.4) is 0 Å². The van der Waals surface area contributed by atoms with Crippen molar-refractivity contribution in [3.8, 4) is 0 Å². The van der Waals surface area contributed by atoms with Crippen LogP contribution < -0.4 is 5.32 Å². The molecular weight excluding hydrogens is 335 g/mol. The Morgan fingerprint density at radius 3 is 2.36 bits per heavy atom. The van der Waals surface area contributed by atoms with Crippen LogP contribution in [0, 0.1) is 5.92 Å². The molecule has 0 bridgehead atoms. The van der Waals surface area contributed by atoms with Crippen molar-refractivity contribution in [2.75, 3.05) is 7.05 Å². The zero-order valence-corrected chi connectivity index (χ0v) is 13.3. The first-order valence-corrected chi connectivity index (χ1v) is 7.67. The molecule has 0 aliphatic carbocycles. The number of β-lactam (4-membered cyclic amide) rings is 1. The van der Waals surface area contributed by atoms with Crippen molar-refractivity contribution < 1.29 is 24.6 Å². The fraction of sp³-hybridized carbons (Fsp3) is 0.353. The van der Waals surface area contributed by atoms with Gasteiger partial charge in [0, 0.05) is 12.6 Å². The molecule has 2 aliphatic rings. The van der Waals surface area contributed by atoms with Gasteiger partial charge < -0.3 is 20.4 Å². The summed E-state index contributed by atoms with van der Waals surface area (Å²) in [6.07, 6.45) is -0.439. The monoisotopic (exact) mass is 354 g/mol. The molecule has 2 aliphatic heterocycles. The number of nitrogens with zero attached hydrogens (tertiary/aromatic N) is 1. The molecule has 0 radical (unpaired) electrons. The van der Waals surface area contributed by atoms with Crippen LogP contribution in [0.25, 0.3) is 5.57 Å². The van der Waals surface area contributed by atoms with Gasteiger partial charge in [-0.2, -0.15) is 0 Å². The zero-order chi connectivity index (χ0) is 17.6. The van der Waals surface area contributed by atoms with E-state index < -0.39 is 18.0 Å². The van der Waals surface area contributed by atoms with E-state index in [4.69, 9.17) is 0 Å². The first-order chi connectivity index (χ1) is 11.4. The van der Waals surface area contributed by atoms with Crippen LogP contribution in [0.4, 0.5) is 0 Å². The number of rotatable bonds is 4.